The number of hydrogen-bond donors (Lipinski definition) is 2. The lowest BCUT2D eigenvalue weighted by atomic mass is 10.1. The molecule has 90 valence electrons. The summed E-state index contributed by atoms with van der Waals surface area (Å²) in [4.78, 5) is 12.0. The summed E-state index contributed by atoms with van der Waals surface area (Å²) >= 11 is 0. The third-order valence-corrected chi connectivity index (χ3v) is 2.57. The highest BCUT2D eigenvalue weighted by Crippen LogP contribution is 2.14. The molecular weight excluding hydrogens is 232 g/mol. The van der Waals surface area contributed by atoms with Crippen LogP contribution < -0.4 is 5.32 Å². The Bertz CT molecular complexity index is 714. The summed E-state index contributed by atoms with van der Waals surface area (Å²) in [5, 5.41) is 14.0. The number of H-pyrrole nitrogens is 1. The number of fused-ring (bicyclic) bond motifs is 1. The summed E-state index contributed by atoms with van der Waals surface area (Å²) in [6, 6.07) is 6.97. The highest BCUT2D eigenvalue weighted by molar-refractivity contribution is 6.05. The van der Waals surface area contributed by atoms with E-state index >= 15 is 0 Å². The monoisotopic (exact) mass is 242 g/mol. The number of hydrogen-bond acceptors (Lipinski definition) is 4. The molecule has 2 N–H and O–H groups in total. The van der Waals surface area contributed by atoms with Gasteiger partial charge in [0.2, 0.25) is 0 Å². The molecule has 0 spiro atoms. The van der Waals surface area contributed by atoms with E-state index in [9.17, 15) is 4.79 Å². The number of aryl methyl sites for hydroxylation is 1. The first-order valence-corrected chi connectivity index (χ1v) is 5.40. The number of nitrogens with one attached hydrogen (secondary N) is 2. The van der Waals surface area contributed by atoms with Crippen molar-refractivity contribution in [3.8, 4) is 0 Å². The SMILES string of the molecule is Cc1cc(NC(=O)c2ccc3cn[nH]c3c2)no1. The van der Waals surface area contributed by atoms with Crippen molar-refractivity contribution >= 4 is 22.6 Å². The molecule has 0 bridgehead atoms. The van der Waals surface area contributed by atoms with Gasteiger partial charge in [-0.15, -0.1) is 0 Å². The molecule has 2 heterocycles. The van der Waals surface area contributed by atoms with Crippen LogP contribution in [0.3, 0.4) is 0 Å². The Balaban J connectivity index is 1.87. The van der Waals surface area contributed by atoms with Gasteiger partial charge in [0.25, 0.3) is 5.91 Å². The minimum Gasteiger partial charge on any atom is -0.360 e. The van der Waals surface area contributed by atoms with Crippen LogP contribution in [0, 0.1) is 6.92 Å². The van der Waals surface area contributed by atoms with Crippen LogP contribution in [0.1, 0.15) is 16.1 Å². The van der Waals surface area contributed by atoms with Crippen LogP contribution >= 0.6 is 0 Å². The van der Waals surface area contributed by atoms with Crippen molar-refractivity contribution in [3.05, 3.63) is 41.8 Å². The maximum absolute atomic E-state index is 12.0. The summed E-state index contributed by atoms with van der Waals surface area (Å²) in [7, 11) is 0. The Hall–Kier alpha value is -2.63. The maximum atomic E-state index is 12.0. The normalized spacial score (nSPS) is 10.7. The van der Waals surface area contributed by atoms with Gasteiger partial charge in [-0.3, -0.25) is 9.89 Å². The smallest absolute Gasteiger partial charge is 0.256 e. The van der Waals surface area contributed by atoms with E-state index in [1.165, 1.54) is 0 Å². The van der Waals surface area contributed by atoms with Crippen molar-refractivity contribution in [2.45, 2.75) is 6.92 Å². The fourth-order valence-corrected chi connectivity index (χ4v) is 1.69. The first-order chi connectivity index (χ1) is 8.72. The number of anilines is 1. The van der Waals surface area contributed by atoms with Crippen molar-refractivity contribution in [2.75, 3.05) is 5.32 Å². The van der Waals surface area contributed by atoms with Crippen LogP contribution in [-0.2, 0) is 0 Å². The summed E-state index contributed by atoms with van der Waals surface area (Å²) in [6.45, 7) is 1.76. The number of amides is 1. The van der Waals surface area contributed by atoms with Gasteiger partial charge in [0.05, 0.1) is 11.7 Å². The number of aromatic amines is 1. The highest BCUT2D eigenvalue weighted by Gasteiger charge is 2.09. The van der Waals surface area contributed by atoms with Gasteiger partial charge < -0.3 is 9.84 Å². The maximum Gasteiger partial charge on any atom is 0.256 e. The summed E-state index contributed by atoms with van der Waals surface area (Å²) in [5.74, 6) is 0.816. The van der Waals surface area contributed by atoms with E-state index in [1.807, 2.05) is 6.07 Å². The van der Waals surface area contributed by atoms with Crippen LogP contribution in [-0.4, -0.2) is 21.3 Å². The second kappa shape index (κ2) is 3.99. The number of nitrogens with zero attached hydrogens (tertiary/aromatic N) is 2. The molecule has 1 amide bonds. The van der Waals surface area contributed by atoms with Crippen LogP contribution in [0.4, 0.5) is 5.82 Å². The van der Waals surface area contributed by atoms with E-state index in [4.69, 9.17) is 4.52 Å². The van der Waals surface area contributed by atoms with Crippen LogP contribution in [0.25, 0.3) is 10.9 Å². The topological polar surface area (TPSA) is 83.8 Å². The van der Waals surface area contributed by atoms with Gasteiger partial charge in [-0.25, -0.2) is 0 Å². The van der Waals surface area contributed by atoms with Gasteiger partial charge in [-0.1, -0.05) is 11.2 Å². The van der Waals surface area contributed by atoms with Crippen LogP contribution in [0.5, 0.6) is 0 Å². The second-order valence-electron chi connectivity index (χ2n) is 3.95. The minimum atomic E-state index is -0.236. The molecule has 3 aromatic rings. The van der Waals surface area contributed by atoms with Crippen molar-refractivity contribution in [1.82, 2.24) is 15.4 Å². The van der Waals surface area contributed by atoms with Gasteiger partial charge in [0.1, 0.15) is 5.76 Å². The Morgan fingerprint density at radius 3 is 3.06 bits per heavy atom. The number of benzene rings is 1. The average Bonchev–Trinajstić information content (AvgIpc) is 2.96. The third kappa shape index (κ3) is 1.84. The van der Waals surface area contributed by atoms with E-state index in [-0.39, 0.29) is 5.91 Å². The van der Waals surface area contributed by atoms with Crippen LogP contribution in [0.2, 0.25) is 0 Å². The van der Waals surface area contributed by atoms with Gasteiger partial charge in [-0.05, 0) is 19.1 Å². The molecule has 0 saturated carbocycles. The zero-order chi connectivity index (χ0) is 12.5. The Labute approximate surface area is 102 Å². The van der Waals surface area contributed by atoms with Gasteiger partial charge in [-0.2, -0.15) is 5.10 Å². The molecule has 0 atom stereocenters. The lowest BCUT2D eigenvalue weighted by molar-refractivity contribution is 0.102. The van der Waals surface area contributed by atoms with Crippen molar-refractivity contribution in [2.24, 2.45) is 0 Å². The Morgan fingerprint density at radius 1 is 1.39 bits per heavy atom. The number of carbonyl (C=O) groups is 1. The van der Waals surface area contributed by atoms with E-state index in [2.05, 4.69) is 20.7 Å². The van der Waals surface area contributed by atoms with Crippen molar-refractivity contribution < 1.29 is 9.32 Å². The molecule has 6 nitrogen and oxygen atoms in total. The fourth-order valence-electron chi connectivity index (χ4n) is 1.69. The molecule has 3 rings (SSSR count). The standard InChI is InChI=1S/C12H10N4O2/c1-7-4-11(16-18-7)14-12(17)8-2-3-9-6-13-15-10(9)5-8/h2-6H,1H3,(H,13,15)(H,14,16,17). The largest absolute Gasteiger partial charge is 0.360 e. The van der Waals surface area contributed by atoms with Gasteiger partial charge >= 0.3 is 0 Å². The molecule has 0 unspecified atom stereocenters. The number of carbonyl (C=O) groups excluding carboxylic acids is 1. The predicted octanol–water partition coefficient (Wildman–Crippen LogP) is 2.11. The Morgan fingerprint density at radius 2 is 2.28 bits per heavy atom. The van der Waals surface area contributed by atoms with Crippen molar-refractivity contribution in [1.29, 1.82) is 0 Å². The van der Waals surface area contributed by atoms with Crippen LogP contribution in [0.15, 0.2) is 35.0 Å². The second-order valence-corrected chi connectivity index (χ2v) is 3.95. The van der Waals surface area contributed by atoms with E-state index in [1.54, 1.807) is 31.3 Å². The molecule has 0 aliphatic rings. The molecule has 0 radical (unpaired) electrons. The summed E-state index contributed by atoms with van der Waals surface area (Å²) in [6.07, 6.45) is 1.71. The molecule has 0 saturated heterocycles. The first-order valence-electron chi connectivity index (χ1n) is 5.40. The number of rotatable bonds is 2. The quantitative estimate of drug-likeness (QED) is 0.720. The minimum absolute atomic E-state index is 0.236. The van der Waals surface area contributed by atoms with Gasteiger partial charge in [0.15, 0.2) is 5.82 Å². The first kappa shape index (κ1) is 10.5. The van der Waals surface area contributed by atoms with E-state index in [0.29, 0.717) is 17.1 Å². The lowest BCUT2D eigenvalue weighted by Gasteiger charge is -2.00. The lowest BCUT2D eigenvalue weighted by Crippen LogP contribution is -2.11. The Kier molecular flexibility index (Phi) is 2.33. The zero-order valence-corrected chi connectivity index (χ0v) is 9.60. The van der Waals surface area contributed by atoms with E-state index in [0.717, 1.165) is 10.9 Å². The van der Waals surface area contributed by atoms with E-state index < -0.39 is 0 Å². The molecule has 18 heavy (non-hydrogen) atoms. The molecular formula is C12H10N4O2. The average molecular weight is 242 g/mol. The predicted molar refractivity (Wildman–Crippen MR) is 65.3 cm³/mol. The molecule has 0 aliphatic heterocycles. The fraction of sp³-hybridized carbons (Fsp3) is 0.0833. The molecule has 6 heteroatoms. The highest BCUT2D eigenvalue weighted by atomic mass is 16.5. The molecule has 0 fully saturated rings. The molecule has 1 aromatic carbocycles. The number of aromatic nitrogens is 3. The summed E-state index contributed by atoms with van der Waals surface area (Å²) < 4.78 is 4.88. The zero-order valence-electron chi connectivity index (χ0n) is 9.60. The molecule has 2 aromatic heterocycles. The third-order valence-electron chi connectivity index (χ3n) is 2.57. The molecule has 0 aliphatic carbocycles. The summed E-state index contributed by atoms with van der Waals surface area (Å²) in [5.41, 5.74) is 1.35. The van der Waals surface area contributed by atoms with Gasteiger partial charge in [0, 0.05) is 17.0 Å². The van der Waals surface area contributed by atoms with Crippen molar-refractivity contribution in [3.63, 3.8) is 0 Å².